The van der Waals surface area contributed by atoms with E-state index in [1.807, 2.05) is 11.8 Å². The third kappa shape index (κ3) is 3.21. The van der Waals surface area contributed by atoms with Gasteiger partial charge in [0.1, 0.15) is 5.15 Å². The van der Waals surface area contributed by atoms with Crippen LogP contribution in [0.3, 0.4) is 0 Å². The van der Waals surface area contributed by atoms with Gasteiger partial charge < -0.3 is 9.64 Å². The molecule has 1 aliphatic carbocycles. The molecule has 0 bridgehead atoms. The van der Waals surface area contributed by atoms with E-state index in [-0.39, 0.29) is 5.91 Å². The topological polar surface area (TPSA) is 42.4 Å². The molecular weight excluding hydrogens is 252 g/mol. The number of aryl methyl sites for hydroxylation is 1. The molecule has 1 aromatic rings. The molecule has 0 radical (unpaired) electrons. The molecule has 0 unspecified atom stereocenters. The van der Waals surface area contributed by atoms with Gasteiger partial charge in [0, 0.05) is 31.0 Å². The molecule has 5 heteroatoms. The van der Waals surface area contributed by atoms with Crippen molar-refractivity contribution in [1.29, 1.82) is 0 Å². The van der Waals surface area contributed by atoms with E-state index < -0.39 is 0 Å². The fraction of sp³-hybridized carbons (Fsp3) is 0.538. The van der Waals surface area contributed by atoms with Gasteiger partial charge in [0.15, 0.2) is 0 Å². The summed E-state index contributed by atoms with van der Waals surface area (Å²) in [6, 6.07) is 3.76. The normalized spacial score (nSPS) is 14.6. The van der Waals surface area contributed by atoms with E-state index in [4.69, 9.17) is 16.3 Å². The number of carbonyl (C=O) groups excluding carboxylic acids is 1. The van der Waals surface area contributed by atoms with E-state index in [1.165, 1.54) is 0 Å². The van der Waals surface area contributed by atoms with Crippen molar-refractivity contribution in [3.8, 4) is 0 Å². The highest BCUT2D eigenvalue weighted by Gasteiger charge is 2.32. The van der Waals surface area contributed by atoms with Gasteiger partial charge in [-0.2, -0.15) is 0 Å². The lowest BCUT2D eigenvalue weighted by molar-refractivity contribution is 0.0680. The zero-order chi connectivity index (χ0) is 13.1. The number of ether oxygens (including phenoxy) is 1. The fourth-order valence-electron chi connectivity index (χ4n) is 1.94. The molecule has 1 aliphatic rings. The van der Waals surface area contributed by atoms with Gasteiger partial charge in [-0.05, 0) is 31.9 Å². The molecule has 2 rings (SSSR count). The molecule has 1 heterocycles. The second kappa shape index (κ2) is 5.67. The average Bonchev–Trinajstić information content (AvgIpc) is 3.12. The minimum Gasteiger partial charge on any atom is -0.383 e. The zero-order valence-electron chi connectivity index (χ0n) is 10.6. The van der Waals surface area contributed by atoms with E-state index in [2.05, 4.69) is 4.98 Å². The van der Waals surface area contributed by atoms with Crippen LogP contribution in [0.15, 0.2) is 12.1 Å². The Hall–Kier alpha value is -1.13. The van der Waals surface area contributed by atoms with Gasteiger partial charge in [-0.15, -0.1) is 0 Å². The minimum atomic E-state index is 0.0157. The van der Waals surface area contributed by atoms with Crippen LogP contribution in [0.4, 0.5) is 0 Å². The Balaban J connectivity index is 2.16. The van der Waals surface area contributed by atoms with E-state index in [0.29, 0.717) is 29.9 Å². The fourth-order valence-corrected chi connectivity index (χ4v) is 2.19. The molecule has 1 aromatic heterocycles. The number of pyridine rings is 1. The number of aromatic nitrogens is 1. The number of hydrogen-bond acceptors (Lipinski definition) is 3. The Morgan fingerprint density at radius 1 is 1.56 bits per heavy atom. The third-order valence-corrected chi connectivity index (χ3v) is 3.15. The van der Waals surface area contributed by atoms with Gasteiger partial charge in [0.25, 0.3) is 5.91 Å². The Morgan fingerprint density at radius 2 is 2.28 bits per heavy atom. The van der Waals surface area contributed by atoms with Crippen LogP contribution in [0.1, 0.15) is 28.9 Å². The molecule has 0 spiro atoms. The van der Waals surface area contributed by atoms with E-state index >= 15 is 0 Å². The van der Waals surface area contributed by atoms with Gasteiger partial charge in [-0.1, -0.05) is 11.6 Å². The van der Waals surface area contributed by atoms with Crippen molar-refractivity contribution in [1.82, 2.24) is 9.88 Å². The summed E-state index contributed by atoms with van der Waals surface area (Å²) in [6.45, 7) is 3.01. The lowest BCUT2D eigenvalue weighted by Gasteiger charge is -2.22. The van der Waals surface area contributed by atoms with Gasteiger partial charge in [0.05, 0.1) is 6.61 Å². The number of nitrogens with zero attached hydrogens (tertiary/aromatic N) is 2. The quantitative estimate of drug-likeness (QED) is 0.770. The second-order valence-corrected chi connectivity index (χ2v) is 4.93. The predicted molar refractivity (Wildman–Crippen MR) is 69.9 cm³/mol. The third-order valence-electron chi connectivity index (χ3n) is 2.95. The number of rotatable bonds is 5. The van der Waals surface area contributed by atoms with Gasteiger partial charge in [0.2, 0.25) is 0 Å². The maximum absolute atomic E-state index is 12.4. The smallest absolute Gasteiger partial charge is 0.254 e. The summed E-state index contributed by atoms with van der Waals surface area (Å²) < 4.78 is 5.05. The Kier molecular flexibility index (Phi) is 4.19. The Labute approximate surface area is 112 Å². The summed E-state index contributed by atoms with van der Waals surface area (Å²) in [7, 11) is 1.64. The SMILES string of the molecule is COCCN(C(=O)c1cc(C)nc(Cl)c1)C1CC1. The van der Waals surface area contributed by atoms with Crippen LogP contribution in [-0.4, -0.2) is 42.1 Å². The summed E-state index contributed by atoms with van der Waals surface area (Å²) in [5.74, 6) is 0.0157. The number of carbonyl (C=O) groups is 1. The van der Waals surface area contributed by atoms with Crippen LogP contribution < -0.4 is 0 Å². The van der Waals surface area contributed by atoms with E-state index in [0.717, 1.165) is 18.5 Å². The highest BCUT2D eigenvalue weighted by atomic mass is 35.5. The monoisotopic (exact) mass is 268 g/mol. The summed E-state index contributed by atoms with van der Waals surface area (Å²) in [4.78, 5) is 18.4. The summed E-state index contributed by atoms with van der Waals surface area (Å²) in [5.41, 5.74) is 1.36. The van der Waals surface area contributed by atoms with E-state index in [1.54, 1.807) is 19.2 Å². The van der Waals surface area contributed by atoms with Crippen molar-refractivity contribution in [3.63, 3.8) is 0 Å². The maximum Gasteiger partial charge on any atom is 0.254 e. The van der Waals surface area contributed by atoms with Crippen molar-refractivity contribution in [2.24, 2.45) is 0 Å². The molecule has 4 nitrogen and oxygen atoms in total. The zero-order valence-corrected chi connectivity index (χ0v) is 11.4. The Morgan fingerprint density at radius 3 is 2.83 bits per heavy atom. The van der Waals surface area contributed by atoms with E-state index in [9.17, 15) is 4.79 Å². The molecular formula is C13H17ClN2O2. The molecule has 0 aromatic carbocycles. The summed E-state index contributed by atoms with van der Waals surface area (Å²) >= 11 is 5.89. The van der Waals surface area contributed by atoms with Crippen LogP contribution in [0.25, 0.3) is 0 Å². The largest absolute Gasteiger partial charge is 0.383 e. The van der Waals surface area contributed by atoms with Crippen LogP contribution in [0.2, 0.25) is 5.15 Å². The maximum atomic E-state index is 12.4. The predicted octanol–water partition coefficient (Wildman–Crippen LogP) is 2.29. The molecule has 0 saturated heterocycles. The first kappa shape index (κ1) is 13.3. The van der Waals surface area contributed by atoms with Gasteiger partial charge >= 0.3 is 0 Å². The minimum absolute atomic E-state index is 0.0157. The standard InChI is InChI=1S/C13H17ClN2O2/c1-9-7-10(8-12(14)15-9)13(17)16(5-6-18-2)11-3-4-11/h7-8,11H,3-6H2,1-2H3. The highest BCUT2D eigenvalue weighted by molar-refractivity contribution is 6.29. The second-order valence-electron chi connectivity index (χ2n) is 4.54. The van der Waals surface area contributed by atoms with Crippen molar-refractivity contribution in [2.45, 2.75) is 25.8 Å². The highest BCUT2D eigenvalue weighted by Crippen LogP contribution is 2.28. The van der Waals surface area contributed by atoms with Crippen LogP contribution in [-0.2, 0) is 4.74 Å². The first-order chi connectivity index (χ1) is 8.61. The summed E-state index contributed by atoms with van der Waals surface area (Å²) in [6.07, 6.45) is 2.15. The molecule has 18 heavy (non-hydrogen) atoms. The number of halogens is 1. The van der Waals surface area contributed by atoms with Crippen LogP contribution in [0.5, 0.6) is 0 Å². The first-order valence-corrected chi connectivity index (χ1v) is 6.43. The lowest BCUT2D eigenvalue weighted by atomic mass is 10.2. The molecule has 1 amide bonds. The number of hydrogen-bond donors (Lipinski definition) is 0. The van der Waals surface area contributed by atoms with Crippen LogP contribution >= 0.6 is 11.6 Å². The number of methoxy groups -OCH3 is 1. The number of amides is 1. The summed E-state index contributed by atoms with van der Waals surface area (Å²) in [5, 5.41) is 0.362. The van der Waals surface area contributed by atoms with Crippen molar-refractivity contribution >= 4 is 17.5 Å². The molecule has 0 aliphatic heterocycles. The molecule has 0 atom stereocenters. The van der Waals surface area contributed by atoms with Gasteiger partial charge in [-0.3, -0.25) is 4.79 Å². The van der Waals surface area contributed by atoms with Crippen molar-refractivity contribution < 1.29 is 9.53 Å². The van der Waals surface area contributed by atoms with Crippen molar-refractivity contribution in [2.75, 3.05) is 20.3 Å². The van der Waals surface area contributed by atoms with Crippen LogP contribution in [0, 0.1) is 6.92 Å². The Bertz CT molecular complexity index is 426. The van der Waals surface area contributed by atoms with Gasteiger partial charge in [-0.25, -0.2) is 4.98 Å². The van der Waals surface area contributed by atoms with Crippen molar-refractivity contribution in [3.05, 3.63) is 28.5 Å². The molecule has 98 valence electrons. The molecule has 1 saturated carbocycles. The lowest BCUT2D eigenvalue weighted by Crippen LogP contribution is -2.35. The first-order valence-electron chi connectivity index (χ1n) is 6.06. The average molecular weight is 269 g/mol. The molecule has 1 fully saturated rings. The molecule has 0 N–H and O–H groups in total.